The molecule has 58 heavy (non-hydrogen) atoms. The van der Waals surface area contributed by atoms with E-state index in [0.717, 1.165) is 45.3 Å². The summed E-state index contributed by atoms with van der Waals surface area (Å²) in [6.45, 7) is 14.5. The Kier molecular flexibility index (Phi) is 21.4. The van der Waals surface area contributed by atoms with Crippen molar-refractivity contribution in [2.24, 2.45) is 0 Å². The van der Waals surface area contributed by atoms with Gasteiger partial charge in [0, 0.05) is 75.4 Å². The molecule has 0 aliphatic carbocycles. The van der Waals surface area contributed by atoms with Gasteiger partial charge in [0.2, 0.25) is 0 Å². The van der Waals surface area contributed by atoms with Gasteiger partial charge in [0.25, 0.3) is 0 Å². The van der Waals surface area contributed by atoms with Gasteiger partial charge in [-0.1, -0.05) is 83.6 Å². The Balaban J connectivity index is 0.000000301. The molecule has 8 nitrogen and oxygen atoms in total. The molecule has 7 rings (SSSR count). The Morgan fingerprint density at radius 2 is 0.897 bits per heavy atom. The SMILES string of the molecule is CC(O)CC(C)O.CC(O)CC(C)O.Cc1cnc(-c2[c-]cc3cc(-c4ccccc4)ccc3c2)c(C)n1.Cc1cnc(-c2[c-]cc3ccccc3c2)c(C)n1.[Ir].[Ir]. The second kappa shape index (κ2) is 24.7. The number of aromatic nitrogens is 4. The van der Waals surface area contributed by atoms with Gasteiger partial charge >= 0.3 is 0 Å². The number of hydrogen-bond donors (Lipinski definition) is 4. The first-order chi connectivity index (χ1) is 26.7. The van der Waals surface area contributed by atoms with Gasteiger partial charge in [-0.3, -0.25) is 9.97 Å². The van der Waals surface area contributed by atoms with E-state index in [9.17, 15) is 0 Å². The number of benzene rings is 5. The van der Waals surface area contributed by atoms with Crippen LogP contribution in [0.3, 0.4) is 0 Å². The number of fused-ring (bicyclic) bond motifs is 2. The molecule has 4 N–H and O–H groups in total. The zero-order valence-corrected chi connectivity index (χ0v) is 39.2. The van der Waals surface area contributed by atoms with E-state index < -0.39 is 0 Å². The van der Waals surface area contributed by atoms with E-state index in [2.05, 4.69) is 98.8 Å². The molecule has 0 aliphatic rings. The van der Waals surface area contributed by atoms with E-state index in [0.29, 0.717) is 12.8 Å². The number of aryl methyl sites for hydroxylation is 4. The van der Waals surface area contributed by atoms with E-state index in [1.54, 1.807) is 40.1 Å². The van der Waals surface area contributed by atoms with Crippen LogP contribution in [0.15, 0.2) is 109 Å². The van der Waals surface area contributed by atoms with Crippen LogP contribution in [0.5, 0.6) is 0 Å². The molecular formula is C48H54Ir2N4O4-2. The topological polar surface area (TPSA) is 132 Å². The number of rotatable bonds is 7. The van der Waals surface area contributed by atoms with Crippen molar-refractivity contribution in [1.82, 2.24) is 19.9 Å². The molecular weight excluding hydrogens is 1080 g/mol. The third kappa shape index (κ3) is 15.9. The molecule has 0 saturated carbocycles. The van der Waals surface area contributed by atoms with Crippen LogP contribution >= 0.6 is 0 Å². The van der Waals surface area contributed by atoms with Crippen LogP contribution in [-0.4, -0.2) is 64.8 Å². The standard InChI is InChI=1S/C22H17N2.C16H13N2.2C5H12O2.2Ir/c1-15-14-23-22(16(2)24-15)21-11-10-19-12-18(8-9-20(19)13-21)17-6-4-3-5-7-17;1-11-10-17-16(12(2)18-11)15-8-7-13-5-3-4-6-14(13)9-15;2*1-4(6)3-5(2)7;;/h3-10,12-14H,1-2H3;3-7,9-10H,1-2H3;2*4-7H,3H2,1-2H3;;/q2*-1;;;;. The number of hydrogen-bond acceptors (Lipinski definition) is 8. The number of nitrogens with zero attached hydrogens (tertiary/aromatic N) is 4. The molecule has 2 heterocycles. The second-order valence-corrected chi connectivity index (χ2v) is 14.3. The Morgan fingerprint density at radius 1 is 0.483 bits per heavy atom. The molecule has 0 aliphatic heterocycles. The molecule has 7 aromatic rings. The van der Waals surface area contributed by atoms with Crippen LogP contribution in [0, 0.1) is 39.8 Å². The minimum absolute atomic E-state index is 0. The zero-order chi connectivity index (χ0) is 40.8. The van der Waals surface area contributed by atoms with Crippen molar-refractivity contribution in [2.45, 2.75) is 92.6 Å². The van der Waals surface area contributed by atoms with Gasteiger partial charge in [-0.05, 0) is 79.4 Å². The maximum atomic E-state index is 8.56. The summed E-state index contributed by atoms with van der Waals surface area (Å²) in [5.74, 6) is 0. The molecule has 0 fully saturated rings. The van der Waals surface area contributed by atoms with E-state index in [-0.39, 0.29) is 64.6 Å². The Hall–Kier alpha value is -4.08. The van der Waals surface area contributed by atoms with E-state index in [4.69, 9.17) is 20.4 Å². The predicted octanol–water partition coefficient (Wildman–Crippen LogP) is 9.37. The van der Waals surface area contributed by atoms with Gasteiger partial charge in [-0.25, -0.2) is 0 Å². The molecule has 2 aromatic heterocycles. The summed E-state index contributed by atoms with van der Waals surface area (Å²) in [5.41, 5.74) is 9.99. The summed E-state index contributed by atoms with van der Waals surface area (Å²) in [5, 5.41) is 39.0. The average molecular weight is 1140 g/mol. The maximum Gasteiger partial charge on any atom is 0.0539 e. The van der Waals surface area contributed by atoms with Crippen LogP contribution in [-0.2, 0) is 40.2 Å². The largest absolute Gasteiger partial charge is 0.393 e. The van der Waals surface area contributed by atoms with Crippen LogP contribution in [0.1, 0.15) is 63.3 Å². The molecule has 2 radical (unpaired) electrons. The Labute approximate surface area is 370 Å². The minimum Gasteiger partial charge on any atom is -0.393 e. The molecule has 10 heteroatoms. The third-order valence-electron chi connectivity index (χ3n) is 8.57. The molecule has 0 amide bonds. The second-order valence-electron chi connectivity index (χ2n) is 14.3. The van der Waals surface area contributed by atoms with Crippen LogP contribution < -0.4 is 0 Å². The van der Waals surface area contributed by atoms with E-state index >= 15 is 0 Å². The molecule has 4 atom stereocenters. The summed E-state index contributed by atoms with van der Waals surface area (Å²) < 4.78 is 0. The summed E-state index contributed by atoms with van der Waals surface area (Å²) >= 11 is 0. The maximum absolute atomic E-state index is 8.56. The summed E-state index contributed by atoms with van der Waals surface area (Å²) in [7, 11) is 0. The Bertz CT molecular complexity index is 2270. The van der Waals surface area contributed by atoms with Crippen LogP contribution in [0.2, 0.25) is 0 Å². The molecule has 0 spiro atoms. The normalized spacial score (nSPS) is 12.4. The van der Waals surface area contributed by atoms with Crippen molar-refractivity contribution in [3.63, 3.8) is 0 Å². The van der Waals surface area contributed by atoms with Crippen molar-refractivity contribution < 1.29 is 60.6 Å². The van der Waals surface area contributed by atoms with E-state index in [1.165, 1.54) is 32.7 Å². The fourth-order valence-electron chi connectivity index (χ4n) is 6.11. The summed E-state index contributed by atoms with van der Waals surface area (Å²) in [6.07, 6.45) is 3.05. The van der Waals surface area contributed by atoms with Crippen molar-refractivity contribution in [3.8, 4) is 33.6 Å². The zero-order valence-electron chi connectivity index (χ0n) is 34.4. The first-order valence-corrected chi connectivity index (χ1v) is 18.9. The van der Waals surface area contributed by atoms with Gasteiger partial charge in [0.15, 0.2) is 0 Å². The first kappa shape index (κ1) is 50.1. The number of aliphatic hydroxyl groups excluding tert-OH is 4. The fourth-order valence-corrected chi connectivity index (χ4v) is 6.11. The van der Waals surface area contributed by atoms with Gasteiger partial charge in [-0.15, -0.1) is 58.3 Å². The van der Waals surface area contributed by atoms with E-state index in [1.807, 2.05) is 58.0 Å². The van der Waals surface area contributed by atoms with Crippen LogP contribution in [0.25, 0.3) is 55.2 Å². The summed E-state index contributed by atoms with van der Waals surface area (Å²) in [6, 6.07) is 40.2. The van der Waals surface area contributed by atoms with Crippen molar-refractivity contribution in [1.29, 1.82) is 0 Å². The van der Waals surface area contributed by atoms with Crippen LogP contribution in [0.4, 0.5) is 0 Å². The summed E-state index contributed by atoms with van der Waals surface area (Å²) in [4.78, 5) is 17.9. The van der Waals surface area contributed by atoms with Crippen molar-refractivity contribution in [3.05, 3.63) is 144 Å². The molecule has 0 bridgehead atoms. The quantitative estimate of drug-likeness (QED) is 0.116. The van der Waals surface area contributed by atoms with Crippen molar-refractivity contribution in [2.75, 3.05) is 0 Å². The molecule has 4 unspecified atom stereocenters. The molecule has 310 valence electrons. The van der Waals surface area contributed by atoms with Gasteiger partial charge in [0.1, 0.15) is 0 Å². The number of aliphatic hydroxyl groups is 4. The third-order valence-corrected chi connectivity index (χ3v) is 8.57. The fraction of sp³-hybridized carbons (Fsp3) is 0.292. The van der Waals surface area contributed by atoms with Gasteiger partial charge in [-0.2, -0.15) is 0 Å². The Morgan fingerprint density at radius 3 is 1.33 bits per heavy atom. The van der Waals surface area contributed by atoms with Gasteiger partial charge < -0.3 is 30.4 Å². The first-order valence-electron chi connectivity index (χ1n) is 18.9. The predicted molar refractivity (Wildman–Crippen MR) is 228 cm³/mol. The van der Waals surface area contributed by atoms with Crippen molar-refractivity contribution >= 4 is 21.5 Å². The molecule has 5 aromatic carbocycles. The molecule has 0 saturated heterocycles. The monoisotopic (exact) mass is 1140 g/mol. The smallest absolute Gasteiger partial charge is 0.0539 e. The van der Waals surface area contributed by atoms with Gasteiger partial charge in [0.05, 0.1) is 35.8 Å². The minimum atomic E-state index is -0.375. The average Bonchev–Trinajstić information content (AvgIpc) is 3.14.